The molecule has 360 valence electrons. The molecule has 2 fully saturated rings. The molecule has 10 N–H and O–H groups in total. The fourth-order valence-electron chi connectivity index (χ4n) is 8.26. The number of aliphatic carboxylic acids is 2. The Kier molecular flexibility index (Phi) is 15.0. The van der Waals surface area contributed by atoms with E-state index in [1.54, 1.807) is 39.8 Å². The molecule has 2 saturated heterocycles. The van der Waals surface area contributed by atoms with Crippen LogP contribution in [0.1, 0.15) is 71.7 Å². The van der Waals surface area contributed by atoms with Crippen LogP contribution in [0.4, 0.5) is 0 Å². The summed E-state index contributed by atoms with van der Waals surface area (Å²) in [6.07, 6.45) is -15.0. The molecule has 22 nitrogen and oxygen atoms in total. The quantitative estimate of drug-likeness (QED) is 0.0732. The van der Waals surface area contributed by atoms with E-state index >= 15 is 0 Å². The van der Waals surface area contributed by atoms with Crippen molar-refractivity contribution in [3.05, 3.63) is 104 Å². The largest absolute Gasteiger partial charge is 0.547 e. The summed E-state index contributed by atoms with van der Waals surface area (Å²) in [5, 5.41) is 90.0. The second-order valence-electron chi connectivity index (χ2n) is 16.3. The Morgan fingerprint density at radius 3 is 1.43 bits per heavy atom. The minimum absolute atomic E-state index is 0.0427. The molecule has 10 atom stereocenters. The first kappa shape index (κ1) is 49.9. The lowest BCUT2D eigenvalue weighted by Crippen LogP contribution is -2.62. The molecule has 0 aromatic carbocycles. The van der Waals surface area contributed by atoms with Crippen molar-refractivity contribution in [2.45, 2.75) is 121 Å². The normalized spacial score (nSPS) is 28.7. The van der Waals surface area contributed by atoms with E-state index in [0.717, 1.165) is 0 Å². The minimum Gasteiger partial charge on any atom is -0.547 e. The highest BCUT2D eigenvalue weighted by Crippen LogP contribution is 2.33. The number of esters is 2. The van der Waals surface area contributed by atoms with Crippen molar-refractivity contribution in [3.63, 3.8) is 0 Å². The van der Waals surface area contributed by atoms with Crippen LogP contribution in [0.15, 0.2) is 59.0 Å². The lowest BCUT2D eigenvalue weighted by molar-refractivity contribution is -0.346. The number of carbonyl (C=O) groups is 6. The number of allylic oxidation sites excluding steroid dienone is 2. The number of aliphatic hydroxyl groups is 6. The highest BCUT2D eigenvalue weighted by molar-refractivity contribution is 6.03. The zero-order chi connectivity index (χ0) is 49.3. The monoisotopic (exact) mass is 934 g/mol. The smallest absolute Gasteiger partial charge is 0.308 e. The number of H-pyrrole nitrogens is 2. The van der Waals surface area contributed by atoms with Gasteiger partial charge in [-0.15, -0.1) is 0 Å². The van der Waals surface area contributed by atoms with Crippen LogP contribution in [-0.4, -0.2) is 138 Å². The van der Waals surface area contributed by atoms with Crippen LogP contribution in [0.2, 0.25) is 0 Å². The van der Waals surface area contributed by atoms with Gasteiger partial charge in [0.15, 0.2) is 0 Å². The number of hydrogen-bond acceptors (Lipinski definition) is 18. The third-order valence-electron chi connectivity index (χ3n) is 12.2. The second kappa shape index (κ2) is 20.2. The van der Waals surface area contributed by atoms with Gasteiger partial charge in [-0.3, -0.25) is 19.2 Å². The Morgan fingerprint density at radius 2 is 1.03 bits per heavy atom. The maximum atomic E-state index is 13.3. The van der Waals surface area contributed by atoms with E-state index in [1.807, 2.05) is 0 Å². The van der Waals surface area contributed by atoms with Crippen LogP contribution < -0.4 is 20.8 Å². The SMILES string of the molecule is C=CC1=C(C)/C(=C\c2[nH]c(Cc3[nH]c(/C=C4/NC(=O)C(C)=C4C=C)c(C)c3CCC(=O)O[C@@H]3O[C@H](C(=O)[O-])[C@@H](O)[C@H](O)[C@H]3O)c(CCC(=O)O[C@@H]3O[C@H](C(=O)[O-])[C@@H](O)[C@H](O)[C@H]3O)c2C)NC1=O. The van der Waals surface area contributed by atoms with Crippen molar-refractivity contribution in [2.24, 2.45) is 0 Å². The summed E-state index contributed by atoms with van der Waals surface area (Å²) in [7, 11) is 0. The lowest BCUT2D eigenvalue weighted by Gasteiger charge is -2.40. The summed E-state index contributed by atoms with van der Waals surface area (Å²) >= 11 is 0. The van der Waals surface area contributed by atoms with E-state index in [1.165, 1.54) is 12.2 Å². The number of carbonyl (C=O) groups excluding carboxylic acids is 6. The average molecular weight is 935 g/mol. The molecule has 0 spiro atoms. The minimum atomic E-state index is -2.12. The molecule has 6 heterocycles. The number of aromatic amines is 2. The third-order valence-corrected chi connectivity index (χ3v) is 12.2. The molecule has 0 bridgehead atoms. The van der Waals surface area contributed by atoms with E-state index in [2.05, 4.69) is 33.8 Å². The summed E-state index contributed by atoms with van der Waals surface area (Å²) < 4.78 is 20.6. The molecule has 4 aliphatic rings. The number of aromatic nitrogens is 2. The number of ether oxygens (including phenoxy) is 4. The van der Waals surface area contributed by atoms with Gasteiger partial charge in [0, 0.05) is 64.5 Å². The summed E-state index contributed by atoms with van der Waals surface area (Å²) in [5.74, 6) is -6.53. The van der Waals surface area contributed by atoms with Crippen molar-refractivity contribution >= 4 is 47.8 Å². The van der Waals surface area contributed by atoms with Gasteiger partial charge < -0.3 is 90.0 Å². The van der Waals surface area contributed by atoms with Crippen molar-refractivity contribution in [1.82, 2.24) is 20.6 Å². The van der Waals surface area contributed by atoms with Crippen LogP contribution in [0.25, 0.3) is 12.2 Å². The summed E-state index contributed by atoms with van der Waals surface area (Å²) in [5.41, 5.74) is 7.18. The number of hydrogen-bond donors (Lipinski definition) is 10. The molecule has 2 amide bonds. The van der Waals surface area contributed by atoms with Gasteiger partial charge >= 0.3 is 11.9 Å². The first-order valence-electron chi connectivity index (χ1n) is 20.9. The number of rotatable bonds is 16. The highest BCUT2D eigenvalue weighted by Gasteiger charge is 2.47. The van der Waals surface area contributed by atoms with Crippen molar-refractivity contribution in [1.29, 1.82) is 0 Å². The summed E-state index contributed by atoms with van der Waals surface area (Å²) in [6, 6.07) is 0. The van der Waals surface area contributed by atoms with Gasteiger partial charge in [-0.05, 0) is 80.5 Å². The van der Waals surface area contributed by atoms with Crippen LogP contribution in [0.3, 0.4) is 0 Å². The van der Waals surface area contributed by atoms with Gasteiger partial charge in [-0.2, -0.15) is 0 Å². The fraction of sp³-hybridized carbons (Fsp3) is 0.422. The molecular formula is C45H50N4O18-2. The Balaban J connectivity index is 1.35. The second-order valence-corrected chi connectivity index (χ2v) is 16.3. The van der Waals surface area contributed by atoms with Gasteiger partial charge in [-0.1, -0.05) is 25.3 Å². The number of nitrogens with one attached hydrogen (secondary N) is 4. The van der Waals surface area contributed by atoms with Gasteiger partial charge in [0.1, 0.15) is 48.8 Å². The Hall–Kier alpha value is -6.50. The van der Waals surface area contributed by atoms with Crippen LogP contribution >= 0.6 is 0 Å². The van der Waals surface area contributed by atoms with Crippen LogP contribution in [-0.2, 0) is 67.0 Å². The van der Waals surface area contributed by atoms with E-state index in [0.29, 0.717) is 78.7 Å². The fourth-order valence-corrected chi connectivity index (χ4v) is 8.26. The molecular weight excluding hydrogens is 885 g/mol. The van der Waals surface area contributed by atoms with Crippen LogP contribution in [0.5, 0.6) is 0 Å². The standard InChI is InChI=1S/C45H52N4O18/c1-7-20-19(6)40(58)49-27(20)14-25-18(5)23(10-12-31(51)65-45-37(57)33(53)35(55)39(67-45)43(62)63)29(47-25)15-28-22(17(4)24(46-28)13-26-16(3)21(8-2)41(59)48-26)9-11-30(50)64-44-36(56)32(52)34(54)38(66-44)42(60)61/h7-8,13-14,32-39,44-47,52-57H,1-2,9-12,15H2,3-6H3,(H,48,59)(H,49,58)(H,60,61)(H,62,63)/p-2/b26-13+,27-14+/t32-,33-,34-,35-,36+,37+,38-,39-,44+,45+/m0/s1. The molecule has 6 rings (SSSR count). The van der Waals surface area contributed by atoms with Crippen molar-refractivity contribution < 1.29 is 88.6 Å². The molecule has 0 unspecified atom stereocenters. The summed E-state index contributed by atoms with van der Waals surface area (Å²) in [6.45, 7) is 14.4. The molecule has 2 aromatic rings. The first-order valence-corrected chi connectivity index (χ1v) is 20.9. The number of aliphatic hydroxyl groups excluding tert-OH is 6. The molecule has 4 aliphatic heterocycles. The highest BCUT2D eigenvalue weighted by atomic mass is 16.7. The van der Waals surface area contributed by atoms with E-state index < -0.39 is 98.1 Å². The Morgan fingerprint density at radius 1 is 0.612 bits per heavy atom. The lowest BCUT2D eigenvalue weighted by atomic mass is 9.98. The molecule has 0 radical (unpaired) electrons. The van der Waals surface area contributed by atoms with Gasteiger partial charge in [-0.25, -0.2) is 0 Å². The Bertz CT molecular complexity index is 2530. The zero-order valence-corrected chi connectivity index (χ0v) is 36.6. The van der Waals surface area contributed by atoms with Crippen LogP contribution in [0, 0.1) is 13.8 Å². The van der Waals surface area contributed by atoms with Gasteiger partial charge in [0.25, 0.3) is 11.8 Å². The molecule has 0 aliphatic carbocycles. The number of carboxylic acid groups (broad SMARTS) is 2. The topological polar surface area (TPSA) is 362 Å². The predicted octanol–water partition coefficient (Wildman–Crippen LogP) is -3.44. The average Bonchev–Trinajstić information content (AvgIpc) is 3.93. The van der Waals surface area contributed by atoms with Crippen molar-refractivity contribution in [3.8, 4) is 0 Å². The van der Waals surface area contributed by atoms with Crippen molar-refractivity contribution in [2.75, 3.05) is 0 Å². The zero-order valence-electron chi connectivity index (χ0n) is 36.6. The maximum Gasteiger partial charge on any atom is 0.308 e. The van der Waals surface area contributed by atoms with Gasteiger partial charge in [0.2, 0.25) is 12.6 Å². The summed E-state index contributed by atoms with van der Waals surface area (Å²) in [4.78, 5) is 81.6. The molecule has 67 heavy (non-hydrogen) atoms. The molecule has 0 saturated carbocycles. The van der Waals surface area contributed by atoms with E-state index in [9.17, 15) is 69.6 Å². The van der Waals surface area contributed by atoms with E-state index in [-0.39, 0.29) is 31.1 Å². The van der Waals surface area contributed by atoms with Gasteiger partial charge in [0.05, 0.1) is 17.6 Å². The Labute approximate surface area is 381 Å². The number of carboxylic acids is 2. The first-order chi connectivity index (χ1) is 31.6. The van der Waals surface area contributed by atoms with E-state index in [4.69, 9.17) is 18.9 Å². The maximum absolute atomic E-state index is 13.3. The molecule has 22 heteroatoms. The predicted molar refractivity (Wildman–Crippen MR) is 224 cm³/mol. The number of amides is 2. The molecule has 2 aromatic heterocycles. The third kappa shape index (κ3) is 10.1.